The first kappa shape index (κ1) is 20.7. The minimum Gasteiger partial charge on any atom is -0.505 e. The zero-order valence-corrected chi connectivity index (χ0v) is 17.6. The number of likely N-dealkylation sites (tertiary alicyclic amines) is 1. The number of hydrogen-bond donors (Lipinski definition) is 1. The van der Waals surface area contributed by atoms with Crippen molar-refractivity contribution in [2.24, 2.45) is 5.92 Å². The molecule has 0 aliphatic carbocycles. The quantitative estimate of drug-likeness (QED) is 0.823. The number of carbonyl (C=O) groups excluding carboxylic acids is 1. The van der Waals surface area contributed by atoms with Crippen LogP contribution in [-0.4, -0.2) is 78.1 Å². The Kier molecular flexibility index (Phi) is 6.90. The van der Waals surface area contributed by atoms with Crippen LogP contribution in [0.5, 0.6) is 5.75 Å². The molecule has 2 aliphatic heterocycles. The Morgan fingerprint density at radius 2 is 1.67 bits per heavy atom. The lowest BCUT2D eigenvalue weighted by Crippen LogP contribution is -2.54. The number of hydrogen-bond acceptors (Lipinski definition) is 4. The standard InChI is InChI=1S/C20H29Cl2N3O2/c1-14(11-15-12-17(21)19(26)18(22)13-15)20(27)25-9-7-24(8-10-25)16-3-5-23(2)6-4-16/h12-14,16,26H,3-11H2,1-2H3/t14-/m1/s1. The van der Waals surface area contributed by atoms with E-state index in [9.17, 15) is 9.90 Å². The van der Waals surface area contributed by atoms with Crippen LogP contribution in [0.3, 0.4) is 0 Å². The van der Waals surface area contributed by atoms with Crippen LogP contribution in [0.2, 0.25) is 10.0 Å². The third kappa shape index (κ3) is 5.08. The monoisotopic (exact) mass is 413 g/mol. The van der Waals surface area contributed by atoms with Gasteiger partial charge in [0.1, 0.15) is 0 Å². The van der Waals surface area contributed by atoms with Gasteiger partial charge < -0.3 is 14.9 Å². The summed E-state index contributed by atoms with van der Waals surface area (Å²) in [6.45, 7) is 7.80. The largest absolute Gasteiger partial charge is 0.505 e. The van der Waals surface area contributed by atoms with Crippen LogP contribution in [0.1, 0.15) is 25.3 Å². The first-order valence-corrected chi connectivity index (χ1v) is 10.5. The Labute approximate surface area is 171 Å². The number of aromatic hydroxyl groups is 1. The zero-order chi connectivity index (χ0) is 19.6. The van der Waals surface area contributed by atoms with E-state index < -0.39 is 0 Å². The molecule has 7 heteroatoms. The van der Waals surface area contributed by atoms with Gasteiger partial charge in [-0.1, -0.05) is 30.1 Å². The molecule has 2 saturated heterocycles. The summed E-state index contributed by atoms with van der Waals surface area (Å²) in [6.07, 6.45) is 3.01. The van der Waals surface area contributed by atoms with Crippen molar-refractivity contribution in [3.05, 3.63) is 27.7 Å². The number of amides is 1. The van der Waals surface area contributed by atoms with Crippen molar-refractivity contribution < 1.29 is 9.90 Å². The van der Waals surface area contributed by atoms with Gasteiger partial charge in [0.2, 0.25) is 5.91 Å². The van der Waals surface area contributed by atoms with E-state index in [4.69, 9.17) is 23.2 Å². The molecule has 2 heterocycles. The van der Waals surface area contributed by atoms with Crippen LogP contribution < -0.4 is 0 Å². The first-order chi connectivity index (χ1) is 12.8. The normalized spacial score (nSPS) is 21.4. The number of phenolic OH excluding ortho intramolecular Hbond substituents is 1. The third-order valence-electron chi connectivity index (χ3n) is 5.87. The minimum atomic E-state index is -0.142. The Bertz CT molecular complexity index is 646. The van der Waals surface area contributed by atoms with Crippen molar-refractivity contribution in [1.82, 2.24) is 14.7 Å². The van der Waals surface area contributed by atoms with Gasteiger partial charge in [-0.15, -0.1) is 0 Å². The Balaban J connectivity index is 1.51. The fraction of sp³-hybridized carbons (Fsp3) is 0.650. The van der Waals surface area contributed by atoms with Gasteiger partial charge in [0.25, 0.3) is 0 Å². The predicted octanol–water partition coefficient (Wildman–Crippen LogP) is 3.12. The van der Waals surface area contributed by atoms with Gasteiger partial charge in [-0.05, 0) is 57.1 Å². The molecular formula is C20H29Cl2N3O2. The van der Waals surface area contributed by atoms with Crippen LogP contribution in [0.25, 0.3) is 0 Å². The second kappa shape index (κ2) is 8.99. The average molecular weight is 414 g/mol. The molecular weight excluding hydrogens is 385 g/mol. The van der Waals surface area contributed by atoms with Crippen LogP contribution in [0, 0.1) is 5.92 Å². The van der Waals surface area contributed by atoms with Gasteiger partial charge in [0, 0.05) is 38.1 Å². The molecule has 27 heavy (non-hydrogen) atoms. The maximum absolute atomic E-state index is 12.9. The van der Waals surface area contributed by atoms with E-state index in [-0.39, 0.29) is 27.6 Å². The average Bonchev–Trinajstić information content (AvgIpc) is 2.66. The van der Waals surface area contributed by atoms with Gasteiger partial charge >= 0.3 is 0 Å². The van der Waals surface area contributed by atoms with E-state index in [1.165, 1.54) is 25.9 Å². The lowest BCUT2D eigenvalue weighted by Gasteiger charge is -2.42. The summed E-state index contributed by atoms with van der Waals surface area (Å²) in [6, 6.07) is 4.03. The molecule has 0 aromatic heterocycles. The van der Waals surface area contributed by atoms with E-state index in [0.29, 0.717) is 12.5 Å². The molecule has 2 aliphatic rings. The second-order valence-corrected chi connectivity index (χ2v) is 8.72. The van der Waals surface area contributed by atoms with Crippen molar-refractivity contribution in [3.63, 3.8) is 0 Å². The number of nitrogens with zero attached hydrogens (tertiary/aromatic N) is 3. The summed E-state index contributed by atoms with van der Waals surface area (Å²) >= 11 is 12.0. The summed E-state index contributed by atoms with van der Waals surface area (Å²) in [4.78, 5) is 19.8. The fourth-order valence-electron chi connectivity index (χ4n) is 4.16. The highest BCUT2D eigenvalue weighted by molar-refractivity contribution is 6.37. The van der Waals surface area contributed by atoms with Gasteiger partial charge in [0.05, 0.1) is 10.0 Å². The van der Waals surface area contributed by atoms with Crippen LogP contribution >= 0.6 is 23.2 Å². The van der Waals surface area contributed by atoms with Crippen molar-refractivity contribution >= 4 is 29.1 Å². The lowest BCUT2D eigenvalue weighted by atomic mass is 9.98. The summed E-state index contributed by atoms with van der Waals surface area (Å²) in [7, 11) is 2.18. The maximum Gasteiger partial charge on any atom is 0.225 e. The van der Waals surface area contributed by atoms with E-state index in [1.54, 1.807) is 12.1 Å². The third-order valence-corrected chi connectivity index (χ3v) is 6.45. The predicted molar refractivity (Wildman–Crippen MR) is 110 cm³/mol. The number of piperazine rings is 1. The molecule has 0 unspecified atom stereocenters. The molecule has 1 N–H and O–H groups in total. The number of carbonyl (C=O) groups is 1. The molecule has 1 aromatic rings. The molecule has 0 spiro atoms. The smallest absolute Gasteiger partial charge is 0.225 e. The maximum atomic E-state index is 12.9. The summed E-state index contributed by atoms with van der Waals surface area (Å²) in [5, 5.41) is 10.1. The molecule has 1 aromatic carbocycles. The number of rotatable bonds is 4. The van der Waals surface area contributed by atoms with Crippen LogP contribution in [0.15, 0.2) is 12.1 Å². The highest BCUT2D eigenvalue weighted by Crippen LogP contribution is 2.33. The lowest BCUT2D eigenvalue weighted by molar-refractivity contribution is -0.137. The first-order valence-electron chi connectivity index (χ1n) is 9.73. The zero-order valence-electron chi connectivity index (χ0n) is 16.1. The number of phenols is 1. The molecule has 5 nitrogen and oxygen atoms in total. The highest BCUT2D eigenvalue weighted by atomic mass is 35.5. The topological polar surface area (TPSA) is 47.0 Å². The molecule has 1 atom stereocenters. The summed E-state index contributed by atoms with van der Waals surface area (Å²) in [5.41, 5.74) is 0.869. The Morgan fingerprint density at radius 3 is 2.22 bits per heavy atom. The SMILES string of the molecule is C[C@H](Cc1cc(Cl)c(O)c(Cl)c1)C(=O)N1CCN(C2CCN(C)CC2)CC1. The number of halogens is 2. The summed E-state index contributed by atoms with van der Waals surface area (Å²) < 4.78 is 0. The summed E-state index contributed by atoms with van der Waals surface area (Å²) in [5.74, 6) is -0.0685. The van der Waals surface area contributed by atoms with Crippen LogP contribution in [0.4, 0.5) is 0 Å². The minimum absolute atomic E-state index is 0.105. The Morgan fingerprint density at radius 1 is 1.11 bits per heavy atom. The van der Waals surface area contributed by atoms with E-state index in [0.717, 1.165) is 31.7 Å². The molecule has 0 bridgehead atoms. The molecule has 2 fully saturated rings. The number of benzene rings is 1. The van der Waals surface area contributed by atoms with Gasteiger partial charge in [-0.2, -0.15) is 0 Å². The highest BCUT2D eigenvalue weighted by Gasteiger charge is 2.29. The van der Waals surface area contributed by atoms with E-state index in [1.807, 2.05) is 11.8 Å². The molecule has 0 radical (unpaired) electrons. The van der Waals surface area contributed by atoms with Gasteiger partial charge in [-0.3, -0.25) is 9.69 Å². The van der Waals surface area contributed by atoms with Crippen molar-refractivity contribution in [1.29, 1.82) is 0 Å². The van der Waals surface area contributed by atoms with E-state index in [2.05, 4.69) is 16.8 Å². The molecule has 3 rings (SSSR count). The van der Waals surface area contributed by atoms with Crippen molar-refractivity contribution in [3.8, 4) is 5.75 Å². The molecule has 0 saturated carbocycles. The van der Waals surface area contributed by atoms with E-state index >= 15 is 0 Å². The molecule has 150 valence electrons. The Hall–Kier alpha value is -1.01. The van der Waals surface area contributed by atoms with Crippen molar-refractivity contribution in [2.75, 3.05) is 46.3 Å². The van der Waals surface area contributed by atoms with Crippen LogP contribution in [-0.2, 0) is 11.2 Å². The second-order valence-electron chi connectivity index (χ2n) is 7.91. The van der Waals surface area contributed by atoms with Crippen molar-refractivity contribution in [2.45, 2.75) is 32.2 Å². The van der Waals surface area contributed by atoms with Gasteiger partial charge in [-0.25, -0.2) is 0 Å². The van der Waals surface area contributed by atoms with Gasteiger partial charge in [0.15, 0.2) is 5.75 Å². The fourth-order valence-corrected chi connectivity index (χ4v) is 4.69. The molecule has 1 amide bonds. The number of piperidine rings is 1.